The Morgan fingerprint density at radius 1 is 0.958 bits per heavy atom. The van der Waals surface area contributed by atoms with Gasteiger partial charge in [-0.2, -0.15) is 13.2 Å². The predicted octanol–water partition coefficient (Wildman–Crippen LogP) is 4.07. The molecule has 24 heavy (non-hydrogen) atoms. The lowest BCUT2D eigenvalue weighted by Crippen LogP contribution is -2.26. The van der Waals surface area contributed by atoms with E-state index >= 15 is 0 Å². The van der Waals surface area contributed by atoms with Crippen LogP contribution in [0.4, 0.5) is 13.2 Å². The van der Waals surface area contributed by atoms with Gasteiger partial charge in [0.25, 0.3) is 0 Å². The number of benzene rings is 2. The van der Waals surface area contributed by atoms with Crippen molar-refractivity contribution in [3.05, 3.63) is 65.7 Å². The highest BCUT2D eigenvalue weighted by Crippen LogP contribution is 2.25. The molecule has 0 aliphatic carbocycles. The van der Waals surface area contributed by atoms with Crippen LogP contribution < -0.4 is 4.74 Å². The van der Waals surface area contributed by atoms with Gasteiger partial charge in [-0.3, -0.25) is 0 Å². The summed E-state index contributed by atoms with van der Waals surface area (Å²) in [6, 6.07) is 14.0. The van der Waals surface area contributed by atoms with Crippen molar-refractivity contribution in [2.24, 2.45) is 0 Å². The van der Waals surface area contributed by atoms with Gasteiger partial charge in [-0.05, 0) is 36.8 Å². The Kier molecular flexibility index (Phi) is 5.23. The monoisotopic (exact) mass is 338 g/mol. The molecule has 0 heterocycles. The quantitative estimate of drug-likeness (QED) is 0.623. The minimum Gasteiger partial charge on any atom is -0.451 e. The second-order valence-electron chi connectivity index (χ2n) is 4.87. The third kappa shape index (κ3) is 4.58. The molecule has 0 saturated carbocycles. The number of rotatable bonds is 4. The molecule has 0 bridgehead atoms. The van der Waals surface area contributed by atoms with Crippen LogP contribution in [0, 0.1) is 0 Å². The molecule has 0 saturated heterocycles. The molecule has 2 aromatic rings. The van der Waals surface area contributed by atoms with Gasteiger partial charge in [0.2, 0.25) is 0 Å². The molecular weight excluding hydrogens is 325 g/mol. The van der Waals surface area contributed by atoms with E-state index in [-0.39, 0.29) is 5.75 Å². The first kappa shape index (κ1) is 17.5. The van der Waals surface area contributed by atoms with Gasteiger partial charge in [-0.25, -0.2) is 9.59 Å². The summed E-state index contributed by atoms with van der Waals surface area (Å²) < 4.78 is 45.9. The highest BCUT2D eigenvalue weighted by atomic mass is 19.4. The molecule has 2 aromatic carbocycles. The fraction of sp³-hybridized carbons (Fsp3) is 0.176. The summed E-state index contributed by atoms with van der Waals surface area (Å²) in [6.45, 7) is 1.31. The van der Waals surface area contributed by atoms with E-state index in [2.05, 4.69) is 4.74 Å². The van der Waals surface area contributed by atoms with Crippen LogP contribution in [-0.4, -0.2) is 18.1 Å². The third-order valence-electron chi connectivity index (χ3n) is 3.08. The maximum Gasteiger partial charge on any atom is 0.490 e. The minimum atomic E-state index is -5.04. The van der Waals surface area contributed by atoms with E-state index < -0.39 is 24.2 Å². The highest BCUT2D eigenvalue weighted by molar-refractivity contribution is 5.90. The number of hydrogen-bond donors (Lipinski definition) is 0. The molecule has 2 rings (SSSR count). The molecule has 0 spiro atoms. The van der Waals surface area contributed by atoms with Gasteiger partial charge in [-0.15, -0.1) is 0 Å². The van der Waals surface area contributed by atoms with Crippen molar-refractivity contribution >= 4 is 11.9 Å². The van der Waals surface area contributed by atoms with Crippen molar-refractivity contribution in [3.8, 4) is 5.75 Å². The van der Waals surface area contributed by atoms with Crippen molar-refractivity contribution in [1.82, 2.24) is 0 Å². The summed E-state index contributed by atoms with van der Waals surface area (Å²) in [5.41, 5.74) is 0.709. The van der Waals surface area contributed by atoms with Crippen LogP contribution in [0.25, 0.3) is 0 Å². The Labute approximate surface area is 135 Å². The molecule has 0 aromatic heterocycles. The summed E-state index contributed by atoms with van der Waals surface area (Å²) in [7, 11) is 0. The molecule has 0 fully saturated rings. The Bertz CT molecular complexity index is 709. The van der Waals surface area contributed by atoms with Gasteiger partial charge in [0.1, 0.15) is 11.9 Å². The van der Waals surface area contributed by atoms with Gasteiger partial charge in [-0.1, -0.05) is 30.3 Å². The first-order chi connectivity index (χ1) is 11.3. The van der Waals surface area contributed by atoms with E-state index in [1.165, 1.54) is 31.2 Å². The van der Waals surface area contributed by atoms with Crippen molar-refractivity contribution in [2.75, 3.05) is 0 Å². The lowest BCUT2D eigenvalue weighted by atomic mass is 10.1. The highest BCUT2D eigenvalue weighted by Gasteiger charge is 2.41. The predicted molar refractivity (Wildman–Crippen MR) is 78.4 cm³/mol. The molecule has 1 unspecified atom stereocenters. The zero-order chi connectivity index (χ0) is 17.7. The molecule has 0 N–H and O–H groups in total. The largest absolute Gasteiger partial charge is 0.490 e. The Hall–Kier alpha value is -2.83. The van der Waals surface area contributed by atoms with E-state index in [1.54, 1.807) is 30.3 Å². The van der Waals surface area contributed by atoms with E-state index in [4.69, 9.17) is 4.74 Å². The summed E-state index contributed by atoms with van der Waals surface area (Å²) in [5.74, 6) is -2.59. The van der Waals surface area contributed by atoms with Crippen LogP contribution in [-0.2, 0) is 9.53 Å². The molecule has 0 amide bonds. The van der Waals surface area contributed by atoms with E-state index in [1.807, 2.05) is 0 Å². The molecule has 1 atom stereocenters. The zero-order valence-corrected chi connectivity index (χ0v) is 12.5. The smallest absolute Gasteiger partial charge is 0.451 e. The second kappa shape index (κ2) is 7.16. The van der Waals surface area contributed by atoms with Gasteiger partial charge in [0.05, 0.1) is 5.56 Å². The number of halogens is 3. The zero-order valence-electron chi connectivity index (χ0n) is 12.5. The number of esters is 2. The number of carbonyl (C=O) groups excluding carboxylic acids is 2. The molecular formula is C17H13F3O4. The lowest BCUT2D eigenvalue weighted by Gasteiger charge is -2.15. The molecule has 7 heteroatoms. The van der Waals surface area contributed by atoms with Crippen molar-refractivity contribution in [1.29, 1.82) is 0 Å². The number of hydrogen-bond acceptors (Lipinski definition) is 4. The van der Waals surface area contributed by atoms with Crippen LogP contribution in [0.3, 0.4) is 0 Å². The molecule has 0 aliphatic rings. The normalized spacial score (nSPS) is 12.3. The molecule has 0 aliphatic heterocycles. The summed E-state index contributed by atoms with van der Waals surface area (Å²) in [6.07, 6.45) is -6.13. The molecule has 0 radical (unpaired) electrons. The topological polar surface area (TPSA) is 52.6 Å². The first-order valence-electron chi connectivity index (χ1n) is 6.92. The second-order valence-corrected chi connectivity index (χ2v) is 4.87. The van der Waals surface area contributed by atoms with Crippen LogP contribution in [0.15, 0.2) is 54.6 Å². The average Bonchev–Trinajstić information content (AvgIpc) is 2.55. The maximum atomic E-state index is 12.2. The van der Waals surface area contributed by atoms with Crippen molar-refractivity contribution in [3.63, 3.8) is 0 Å². The Morgan fingerprint density at radius 3 is 2.08 bits per heavy atom. The van der Waals surface area contributed by atoms with Crippen LogP contribution in [0.5, 0.6) is 5.75 Å². The van der Waals surface area contributed by atoms with E-state index in [9.17, 15) is 22.8 Å². The van der Waals surface area contributed by atoms with Crippen molar-refractivity contribution < 1.29 is 32.2 Å². The third-order valence-corrected chi connectivity index (χ3v) is 3.08. The maximum absolute atomic E-state index is 12.2. The molecule has 4 nitrogen and oxygen atoms in total. The van der Waals surface area contributed by atoms with Gasteiger partial charge in [0.15, 0.2) is 0 Å². The average molecular weight is 338 g/mol. The molecule has 126 valence electrons. The summed E-state index contributed by atoms with van der Waals surface area (Å²) in [4.78, 5) is 22.7. The van der Waals surface area contributed by atoms with E-state index in [0.717, 1.165) is 0 Å². The number of alkyl halides is 3. The van der Waals surface area contributed by atoms with E-state index in [0.29, 0.717) is 11.1 Å². The standard InChI is InChI=1S/C17H13F3O4/c1-11(23-16(22)17(18,19)20)12-7-9-14(10-8-12)24-15(21)13-5-3-2-4-6-13/h2-11H,1H3. The fourth-order valence-electron chi connectivity index (χ4n) is 1.84. The Morgan fingerprint density at radius 2 is 1.54 bits per heavy atom. The summed E-state index contributed by atoms with van der Waals surface area (Å²) >= 11 is 0. The summed E-state index contributed by atoms with van der Waals surface area (Å²) in [5, 5.41) is 0. The number of ether oxygens (including phenoxy) is 2. The number of carbonyl (C=O) groups is 2. The van der Waals surface area contributed by atoms with Crippen molar-refractivity contribution in [2.45, 2.75) is 19.2 Å². The Balaban J connectivity index is 2.00. The fourth-order valence-corrected chi connectivity index (χ4v) is 1.84. The van der Waals surface area contributed by atoms with Gasteiger partial charge in [0, 0.05) is 0 Å². The van der Waals surface area contributed by atoms with Crippen LogP contribution in [0.1, 0.15) is 28.9 Å². The van der Waals surface area contributed by atoms with Gasteiger partial charge < -0.3 is 9.47 Å². The van der Waals surface area contributed by atoms with Gasteiger partial charge >= 0.3 is 18.1 Å². The SMILES string of the molecule is CC(OC(=O)C(F)(F)F)c1ccc(OC(=O)c2ccccc2)cc1. The lowest BCUT2D eigenvalue weighted by molar-refractivity contribution is -0.204. The van der Waals surface area contributed by atoms with Crippen LogP contribution in [0.2, 0.25) is 0 Å². The first-order valence-corrected chi connectivity index (χ1v) is 6.92. The van der Waals surface area contributed by atoms with Crippen LogP contribution >= 0.6 is 0 Å². The minimum absolute atomic E-state index is 0.224.